The first kappa shape index (κ1) is 20.2. The van der Waals surface area contributed by atoms with Crippen molar-refractivity contribution in [3.05, 3.63) is 45.8 Å². The zero-order chi connectivity index (χ0) is 21.0. The molecule has 2 fully saturated rings. The number of hydrogen-bond acceptors (Lipinski definition) is 4. The molecule has 0 bridgehead atoms. The van der Waals surface area contributed by atoms with Gasteiger partial charge < -0.3 is 9.15 Å². The molecular weight excluding hydrogens is 364 g/mol. The van der Waals surface area contributed by atoms with Crippen LogP contribution < -0.4 is 10.2 Å². The number of allylic oxidation sites excluding steroid dienone is 3. The van der Waals surface area contributed by atoms with Crippen molar-refractivity contribution in [2.45, 2.75) is 72.3 Å². The minimum absolute atomic E-state index is 0.0229. The molecule has 2 aliphatic carbocycles. The molecule has 0 saturated heterocycles. The number of carbonyl (C=O) groups is 1. The second-order valence-electron chi connectivity index (χ2n) is 10.1. The third kappa shape index (κ3) is 3.03. The highest BCUT2D eigenvalue weighted by molar-refractivity contribution is 5.85. The zero-order valence-corrected chi connectivity index (χ0v) is 18.2. The highest BCUT2D eigenvalue weighted by Gasteiger charge is 2.62. The van der Waals surface area contributed by atoms with Crippen LogP contribution >= 0.6 is 0 Å². The summed E-state index contributed by atoms with van der Waals surface area (Å²) in [5, 5.41) is 0. The Balaban J connectivity index is 1.74. The summed E-state index contributed by atoms with van der Waals surface area (Å²) >= 11 is 0. The van der Waals surface area contributed by atoms with Crippen LogP contribution in [0, 0.1) is 22.7 Å². The predicted molar refractivity (Wildman–Crippen MR) is 114 cm³/mol. The number of hydrogen-bond donors (Lipinski definition) is 0. The largest absolute Gasteiger partial charge is 0.458 e. The Morgan fingerprint density at radius 1 is 1.07 bits per heavy atom. The molecule has 1 aromatic heterocycles. The number of carbonyl (C=O) groups excluding carboxylic acids is 1. The quantitative estimate of drug-likeness (QED) is 0.633. The van der Waals surface area contributed by atoms with Gasteiger partial charge in [0.15, 0.2) is 5.43 Å². The Labute approximate surface area is 173 Å². The molecule has 0 N–H and O–H groups in total. The summed E-state index contributed by atoms with van der Waals surface area (Å²) in [6.07, 6.45) is 11.4. The SMILES string of the molecule is CC=CC=Cc1cc(=O)c2c(o1)O[C@]1(C)CC[C@H]3C(C)(C)C(=O)CC[C@]3(C)[C@H]1C2. The molecular formula is C25H32O4. The van der Waals surface area contributed by atoms with Gasteiger partial charge in [0, 0.05) is 23.8 Å². The van der Waals surface area contributed by atoms with E-state index in [-0.39, 0.29) is 27.8 Å². The second-order valence-corrected chi connectivity index (χ2v) is 10.1. The number of fused-ring (bicyclic) bond motifs is 4. The Morgan fingerprint density at radius 3 is 2.55 bits per heavy atom. The highest BCUT2D eigenvalue weighted by atomic mass is 16.6. The lowest BCUT2D eigenvalue weighted by Gasteiger charge is -2.62. The van der Waals surface area contributed by atoms with E-state index < -0.39 is 0 Å². The van der Waals surface area contributed by atoms with Crippen molar-refractivity contribution >= 4 is 11.9 Å². The van der Waals surface area contributed by atoms with Crippen LogP contribution in [0.5, 0.6) is 5.95 Å². The van der Waals surface area contributed by atoms with Gasteiger partial charge in [-0.3, -0.25) is 9.59 Å². The van der Waals surface area contributed by atoms with E-state index in [1.165, 1.54) is 0 Å². The molecule has 1 aliphatic heterocycles. The van der Waals surface area contributed by atoms with Crippen molar-refractivity contribution in [3.63, 3.8) is 0 Å². The third-order valence-corrected chi connectivity index (χ3v) is 8.07. The molecule has 29 heavy (non-hydrogen) atoms. The molecule has 2 saturated carbocycles. The maximum atomic E-state index is 12.9. The number of ketones is 1. The number of Topliss-reactive ketones (excluding diaryl/α,β-unsaturated/α-hetero) is 1. The van der Waals surface area contributed by atoms with E-state index in [0.29, 0.717) is 41.8 Å². The molecule has 0 aromatic carbocycles. The summed E-state index contributed by atoms with van der Waals surface area (Å²) in [6.45, 7) is 10.6. The normalized spacial score (nSPS) is 35.8. The van der Waals surface area contributed by atoms with Crippen molar-refractivity contribution < 1.29 is 13.9 Å². The fraction of sp³-hybridized carbons (Fsp3) is 0.600. The smallest absolute Gasteiger partial charge is 0.292 e. The fourth-order valence-electron chi connectivity index (χ4n) is 6.42. The maximum absolute atomic E-state index is 12.9. The summed E-state index contributed by atoms with van der Waals surface area (Å²) in [4.78, 5) is 25.5. The molecule has 1 aromatic rings. The molecule has 4 rings (SSSR count). The van der Waals surface area contributed by atoms with Gasteiger partial charge in [0.2, 0.25) is 0 Å². The number of rotatable bonds is 2. The summed E-state index contributed by atoms with van der Waals surface area (Å²) in [5.41, 5.74) is -0.103. The van der Waals surface area contributed by atoms with E-state index in [1.807, 2.05) is 25.2 Å². The minimum atomic E-state index is -0.379. The highest BCUT2D eigenvalue weighted by Crippen LogP contribution is 2.63. The van der Waals surface area contributed by atoms with Gasteiger partial charge in [-0.05, 0) is 56.9 Å². The summed E-state index contributed by atoms with van der Waals surface area (Å²) < 4.78 is 12.4. The van der Waals surface area contributed by atoms with Gasteiger partial charge in [0.05, 0.1) is 5.56 Å². The lowest BCUT2D eigenvalue weighted by molar-refractivity contribution is -0.177. The molecule has 4 atom stereocenters. The van der Waals surface area contributed by atoms with Crippen LogP contribution in [-0.2, 0) is 11.2 Å². The Kier molecular flexibility index (Phi) is 4.67. The monoisotopic (exact) mass is 396 g/mol. The van der Waals surface area contributed by atoms with E-state index in [4.69, 9.17) is 9.15 Å². The molecule has 156 valence electrons. The molecule has 0 amide bonds. The Bertz CT molecular complexity index is 950. The average Bonchev–Trinajstić information content (AvgIpc) is 2.64. The third-order valence-electron chi connectivity index (χ3n) is 8.07. The molecule has 0 radical (unpaired) electrons. The van der Waals surface area contributed by atoms with Crippen molar-refractivity contribution in [1.29, 1.82) is 0 Å². The number of ether oxygens (including phenoxy) is 1. The van der Waals surface area contributed by atoms with Gasteiger partial charge in [-0.15, -0.1) is 0 Å². The van der Waals surface area contributed by atoms with Gasteiger partial charge >= 0.3 is 0 Å². The van der Waals surface area contributed by atoms with Gasteiger partial charge in [-0.2, -0.15) is 0 Å². The van der Waals surface area contributed by atoms with Crippen molar-refractivity contribution in [2.75, 3.05) is 0 Å². The molecule has 0 unspecified atom stereocenters. The van der Waals surface area contributed by atoms with Crippen LogP contribution in [0.2, 0.25) is 0 Å². The van der Waals surface area contributed by atoms with E-state index in [0.717, 1.165) is 19.3 Å². The van der Waals surface area contributed by atoms with Crippen LogP contribution in [0.1, 0.15) is 71.6 Å². The molecule has 0 spiro atoms. The standard InChI is InChI=1S/C25H32O4/c1-6-7-8-9-16-14-18(26)17-15-20-24(4)12-11-21(27)23(2,3)19(24)10-13-25(20,5)29-22(17)28-16/h6-9,14,19-20H,10-13,15H2,1-5H3/t19-,20+,24-,25+/m0/s1. The second kappa shape index (κ2) is 6.72. The Hall–Kier alpha value is -2.10. The van der Waals surface area contributed by atoms with E-state index in [2.05, 4.69) is 27.7 Å². The summed E-state index contributed by atoms with van der Waals surface area (Å²) in [6, 6.07) is 1.56. The van der Waals surface area contributed by atoms with Crippen molar-refractivity contribution in [3.8, 4) is 5.95 Å². The maximum Gasteiger partial charge on any atom is 0.292 e. The zero-order valence-electron chi connectivity index (χ0n) is 18.2. The lowest BCUT2D eigenvalue weighted by Crippen LogP contribution is -2.63. The lowest BCUT2D eigenvalue weighted by atomic mass is 9.44. The Morgan fingerprint density at radius 2 is 1.83 bits per heavy atom. The van der Waals surface area contributed by atoms with Gasteiger partial charge in [-0.25, -0.2) is 0 Å². The van der Waals surface area contributed by atoms with Crippen LogP contribution in [0.25, 0.3) is 6.08 Å². The summed E-state index contributed by atoms with van der Waals surface area (Å²) in [7, 11) is 0. The first-order chi connectivity index (χ1) is 13.6. The van der Waals surface area contributed by atoms with Crippen molar-refractivity contribution in [2.24, 2.45) is 22.7 Å². The average molecular weight is 397 g/mol. The predicted octanol–water partition coefficient (Wildman–Crippen LogP) is 5.34. The molecule has 4 nitrogen and oxygen atoms in total. The minimum Gasteiger partial charge on any atom is -0.458 e. The fourth-order valence-corrected chi connectivity index (χ4v) is 6.42. The topological polar surface area (TPSA) is 56.5 Å². The van der Waals surface area contributed by atoms with Crippen LogP contribution in [-0.4, -0.2) is 11.4 Å². The van der Waals surface area contributed by atoms with Crippen molar-refractivity contribution in [1.82, 2.24) is 0 Å². The first-order valence-electron chi connectivity index (χ1n) is 10.8. The van der Waals surface area contributed by atoms with E-state index in [1.54, 1.807) is 12.1 Å². The summed E-state index contributed by atoms with van der Waals surface area (Å²) in [5.74, 6) is 1.77. The molecule has 3 aliphatic rings. The molecule has 2 heterocycles. The van der Waals surface area contributed by atoms with Crippen LogP contribution in [0.4, 0.5) is 0 Å². The van der Waals surface area contributed by atoms with Crippen LogP contribution in [0.15, 0.2) is 33.5 Å². The molecule has 4 heteroatoms. The van der Waals surface area contributed by atoms with E-state index >= 15 is 0 Å². The van der Waals surface area contributed by atoms with E-state index in [9.17, 15) is 9.59 Å². The van der Waals surface area contributed by atoms with Gasteiger partial charge in [0.1, 0.15) is 17.1 Å². The first-order valence-corrected chi connectivity index (χ1v) is 10.8. The van der Waals surface area contributed by atoms with Crippen LogP contribution in [0.3, 0.4) is 0 Å². The van der Waals surface area contributed by atoms with Gasteiger partial charge in [0.25, 0.3) is 5.95 Å². The van der Waals surface area contributed by atoms with Gasteiger partial charge in [-0.1, -0.05) is 39.0 Å².